The Labute approximate surface area is 190 Å². The van der Waals surface area contributed by atoms with Crippen molar-refractivity contribution in [3.8, 4) is 0 Å². The monoisotopic (exact) mass is 472 g/mol. The molecule has 0 radical (unpaired) electrons. The molecule has 2 aromatic carbocycles. The van der Waals surface area contributed by atoms with E-state index in [1.165, 1.54) is 11.8 Å². The summed E-state index contributed by atoms with van der Waals surface area (Å²) in [6.45, 7) is 4.31. The van der Waals surface area contributed by atoms with Gasteiger partial charge in [-0.15, -0.1) is 11.8 Å². The Morgan fingerprint density at radius 2 is 1.66 bits per heavy atom. The first kappa shape index (κ1) is 23.9. The van der Waals surface area contributed by atoms with E-state index >= 15 is 0 Å². The predicted octanol–water partition coefficient (Wildman–Crippen LogP) is 5.43. The molecule has 1 atom stereocenters. The zero-order valence-electron chi connectivity index (χ0n) is 16.3. The lowest BCUT2D eigenvalue weighted by Crippen LogP contribution is -2.48. The Kier molecular flexibility index (Phi) is 9.63. The van der Waals surface area contributed by atoms with Gasteiger partial charge in [-0.3, -0.25) is 9.59 Å². The summed E-state index contributed by atoms with van der Waals surface area (Å²) < 4.78 is 0. The highest BCUT2D eigenvalue weighted by molar-refractivity contribution is 7.99. The lowest BCUT2D eigenvalue weighted by molar-refractivity contribution is -0.138. The van der Waals surface area contributed by atoms with E-state index in [2.05, 4.69) is 5.32 Å². The molecule has 0 spiro atoms. The predicted molar refractivity (Wildman–Crippen MR) is 123 cm³/mol. The van der Waals surface area contributed by atoms with Crippen molar-refractivity contribution in [2.75, 3.05) is 12.3 Å². The molecular weight excluding hydrogens is 451 g/mol. The lowest BCUT2D eigenvalue weighted by Gasteiger charge is -2.29. The van der Waals surface area contributed by atoms with Crippen molar-refractivity contribution < 1.29 is 9.59 Å². The van der Waals surface area contributed by atoms with Gasteiger partial charge in [-0.2, -0.15) is 0 Å². The Morgan fingerprint density at radius 1 is 1.03 bits per heavy atom. The second kappa shape index (κ2) is 11.7. The summed E-state index contributed by atoms with van der Waals surface area (Å²) in [6.07, 6.45) is 0. The molecule has 0 bridgehead atoms. The second-order valence-corrected chi connectivity index (χ2v) is 8.58. The van der Waals surface area contributed by atoms with E-state index in [-0.39, 0.29) is 24.1 Å². The quantitative estimate of drug-likeness (QED) is 0.528. The highest BCUT2D eigenvalue weighted by Crippen LogP contribution is 2.28. The number of carbonyl (C=O) groups is 2. The number of rotatable bonds is 9. The minimum absolute atomic E-state index is 0.156. The molecule has 0 aliphatic rings. The molecule has 0 heterocycles. The van der Waals surface area contributed by atoms with Crippen LogP contribution >= 0.6 is 46.6 Å². The molecule has 8 heteroatoms. The van der Waals surface area contributed by atoms with Crippen LogP contribution in [0.5, 0.6) is 0 Å². The van der Waals surface area contributed by atoms with E-state index < -0.39 is 6.04 Å². The van der Waals surface area contributed by atoms with Crippen molar-refractivity contribution in [2.24, 2.45) is 0 Å². The van der Waals surface area contributed by atoms with Gasteiger partial charge in [-0.1, -0.05) is 59.1 Å². The van der Waals surface area contributed by atoms with Crippen molar-refractivity contribution >= 4 is 58.4 Å². The van der Waals surface area contributed by atoms with Crippen LogP contribution in [0.1, 0.15) is 25.0 Å². The molecule has 4 nitrogen and oxygen atoms in total. The van der Waals surface area contributed by atoms with E-state index in [0.29, 0.717) is 27.4 Å². The van der Waals surface area contributed by atoms with Gasteiger partial charge in [0.1, 0.15) is 6.04 Å². The molecule has 2 aromatic rings. The topological polar surface area (TPSA) is 49.4 Å². The SMILES string of the molecule is CCNC(=O)[C@@H](C)N(Cc1ccccc1Cl)C(=O)CSCc1c(Cl)cccc1Cl. The Morgan fingerprint density at radius 3 is 2.28 bits per heavy atom. The maximum absolute atomic E-state index is 13.0. The van der Waals surface area contributed by atoms with Crippen LogP contribution in [0.15, 0.2) is 42.5 Å². The van der Waals surface area contributed by atoms with E-state index in [0.717, 1.165) is 11.1 Å². The largest absolute Gasteiger partial charge is 0.355 e. The molecule has 0 unspecified atom stereocenters. The van der Waals surface area contributed by atoms with Crippen molar-refractivity contribution in [3.05, 3.63) is 68.7 Å². The van der Waals surface area contributed by atoms with Crippen molar-refractivity contribution in [1.29, 1.82) is 0 Å². The van der Waals surface area contributed by atoms with Gasteiger partial charge in [-0.05, 0) is 43.2 Å². The van der Waals surface area contributed by atoms with Crippen LogP contribution < -0.4 is 5.32 Å². The van der Waals surface area contributed by atoms with Crippen LogP contribution in [0, 0.1) is 0 Å². The van der Waals surface area contributed by atoms with Crippen LogP contribution in [-0.4, -0.2) is 35.1 Å². The normalized spacial score (nSPS) is 11.8. The number of carbonyl (C=O) groups excluding carboxylic acids is 2. The standard InChI is InChI=1S/C21H23Cl3N2O2S/c1-3-25-21(28)14(2)26(11-15-7-4-5-8-17(15)22)20(27)13-29-12-16-18(23)9-6-10-19(16)24/h4-10,14H,3,11-13H2,1-2H3,(H,25,28)/t14-/m1/s1. The molecule has 0 aliphatic carbocycles. The third-order valence-corrected chi connectivity index (χ3v) is 6.37. The molecule has 1 N–H and O–H groups in total. The van der Waals surface area contributed by atoms with Gasteiger partial charge in [0.2, 0.25) is 11.8 Å². The Bertz CT molecular complexity index is 843. The molecule has 0 saturated heterocycles. The van der Waals surface area contributed by atoms with Gasteiger partial charge in [-0.25, -0.2) is 0 Å². The smallest absolute Gasteiger partial charge is 0.242 e. The van der Waals surface area contributed by atoms with Crippen molar-refractivity contribution in [1.82, 2.24) is 10.2 Å². The molecule has 156 valence electrons. The molecular formula is C21H23Cl3N2O2S. The van der Waals surface area contributed by atoms with Gasteiger partial charge >= 0.3 is 0 Å². The van der Waals surface area contributed by atoms with Crippen LogP contribution in [0.2, 0.25) is 15.1 Å². The zero-order chi connectivity index (χ0) is 21.4. The fourth-order valence-electron chi connectivity index (χ4n) is 2.71. The van der Waals surface area contributed by atoms with Crippen molar-refractivity contribution in [2.45, 2.75) is 32.2 Å². The van der Waals surface area contributed by atoms with Crippen LogP contribution in [0.3, 0.4) is 0 Å². The number of nitrogens with one attached hydrogen (secondary N) is 1. The number of hydrogen-bond donors (Lipinski definition) is 1. The first-order chi connectivity index (χ1) is 13.8. The molecule has 2 rings (SSSR count). The van der Waals surface area contributed by atoms with Gasteiger partial charge in [0.15, 0.2) is 0 Å². The van der Waals surface area contributed by atoms with Crippen molar-refractivity contribution in [3.63, 3.8) is 0 Å². The molecule has 0 aliphatic heterocycles. The fraction of sp³-hybridized carbons (Fsp3) is 0.333. The van der Waals surface area contributed by atoms with E-state index in [4.69, 9.17) is 34.8 Å². The molecule has 0 saturated carbocycles. The minimum atomic E-state index is -0.622. The number of thioether (sulfide) groups is 1. The average Bonchev–Trinajstić information content (AvgIpc) is 2.69. The highest BCUT2D eigenvalue weighted by Gasteiger charge is 2.26. The highest BCUT2D eigenvalue weighted by atomic mass is 35.5. The first-order valence-electron chi connectivity index (χ1n) is 9.16. The summed E-state index contributed by atoms with van der Waals surface area (Å²) in [5.41, 5.74) is 1.58. The third-order valence-electron chi connectivity index (χ3n) is 4.35. The van der Waals surface area contributed by atoms with E-state index in [1.54, 1.807) is 36.1 Å². The zero-order valence-corrected chi connectivity index (χ0v) is 19.3. The maximum atomic E-state index is 13.0. The van der Waals surface area contributed by atoms with Gasteiger partial charge in [0.25, 0.3) is 0 Å². The number of benzene rings is 2. The van der Waals surface area contributed by atoms with Gasteiger partial charge < -0.3 is 10.2 Å². The number of likely N-dealkylation sites (N-methyl/N-ethyl adjacent to an activating group) is 1. The van der Waals surface area contributed by atoms with Gasteiger partial charge in [0.05, 0.1) is 5.75 Å². The first-order valence-corrected chi connectivity index (χ1v) is 11.4. The summed E-state index contributed by atoms with van der Waals surface area (Å²) in [5, 5.41) is 4.47. The minimum Gasteiger partial charge on any atom is -0.355 e. The number of amides is 2. The molecule has 2 amide bonds. The average molecular weight is 474 g/mol. The fourth-order valence-corrected chi connectivity index (χ4v) is 4.55. The van der Waals surface area contributed by atoms with Crippen LogP contribution in [0.25, 0.3) is 0 Å². The Hall–Kier alpha value is -1.40. The second-order valence-electron chi connectivity index (χ2n) is 6.38. The summed E-state index contributed by atoms with van der Waals surface area (Å²) in [7, 11) is 0. The van der Waals surface area contributed by atoms with E-state index in [9.17, 15) is 9.59 Å². The molecule has 29 heavy (non-hydrogen) atoms. The molecule has 0 fully saturated rings. The lowest BCUT2D eigenvalue weighted by atomic mass is 10.1. The number of nitrogens with zero attached hydrogens (tertiary/aromatic N) is 1. The summed E-state index contributed by atoms with van der Waals surface area (Å²) in [5.74, 6) is 0.332. The molecule has 0 aromatic heterocycles. The van der Waals surface area contributed by atoms with Gasteiger partial charge in [0, 0.05) is 33.9 Å². The third kappa shape index (κ3) is 6.82. The Balaban J connectivity index is 2.11. The van der Waals surface area contributed by atoms with Crippen LogP contribution in [-0.2, 0) is 21.9 Å². The van der Waals surface area contributed by atoms with E-state index in [1.807, 2.05) is 25.1 Å². The van der Waals surface area contributed by atoms with Crippen LogP contribution in [0.4, 0.5) is 0 Å². The summed E-state index contributed by atoms with van der Waals surface area (Å²) >= 11 is 20.1. The summed E-state index contributed by atoms with van der Waals surface area (Å²) in [4.78, 5) is 26.9. The number of halogens is 3. The maximum Gasteiger partial charge on any atom is 0.242 e. The number of hydrogen-bond acceptors (Lipinski definition) is 3. The summed E-state index contributed by atoms with van der Waals surface area (Å²) in [6, 6.07) is 12.0.